The number of nitrogens with two attached hydrogens (primary N) is 1. The highest BCUT2D eigenvalue weighted by atomic mass is 16.5. The summed E-state index contributed by atoms with van der Waals surface area (Å²) in [5.41, 5.74) is 5.12. The van der Waals surface area contributed by atoms with Gasteiger partial charge in [0.05, 0.1) is 7.11 Å². The number of benzene rings is 1. The van der Waals surface area contributed by atoms with E-state index in [4.69, 9.17) is 10.5 Å². The van der Waals surface area contributed by atoms with Crippen molar-refractivity contribution in [2.24, 2.45) is 5.73 Å². The van der Waals surface area contributed by atoms with Gasteiger partial charge in [-0.1, -0.05) is 6.07 Å². The lowest BCUT2D eigenvalue weighted by atomic mass is 10.1. The van der Waals surface area contributed by atoms with Crippen LogP contribution >= 0.6 is 0 Å². The summed E-state index contributed by atoms with van der Waals surface area (Å²) < 4.78 is 4.79. The molecule has 1 aromatic rings. The number of primary amides is 1. The van der Waals surface area contributed by atoms with Crippen molar-refractivity contribution in [3.05, 3.63) is 23.8 Å². The second kappa shape index (κ2) is 3.97. The number of methoxy groups -OCH3 is 1. The van der Waals surface area contributed by atoms with Crippen LogP contribution in [0.2, 0.25) is 0 Å². The Hall–Kier alpha value is -1.75. The first kappa shape index (κ1) is 10.3. The molecular weight excluding hydrogens is 186 g/mol. The van der Waals surface area contributed by atoms with Crippen molar-refractivity contribution in [2.45, 2.75) is 6.10 Å². The number of carbonyl (C=O) groups excluding carboxylic acids is 1. The molecular formula is C9H11NO4. The SMILES string of the molecule is COc1ccc(C(O)C(N)=O)cc1O. The maximum absolute atomic E-state index is 10.6. The summed E-state index contributed by atoms with van der Waals surface area (Å²) in [5, 5.41) is 18.6. The van der Waals surface area contributed by atoms with E-state index in [0.29, 0.717) is 0 Å². The van der Waals surface area contributed by atoms with Gasteiger partial charge in [-0.05, 0) is 17.7 Å². The fourth-order valence-corrected chi connectivity index (χ4v) is 1.04. The molecule has 1 atom stereocenters. The molecule has 76 valence electrons. The Bertz CT molecular complexity index is 351. The van der Waals surface area contributed by atoms with E-state index in [0.717, 1.165) is 0 Å². The van der Waals surface area contributed by atoms with E-state index in [-0.39, 0.29) is 17.1 Å². The fourth-order valence-electron chi connectivity index (χ4n) is 1.04. The predicted molar refractivity (Wildman–Crippen MR) is 48.8 cm³/mol. The monoisotopic (exact) mass is 197 g/mol. The highest BCUT2D eigenvalue weighted by Crippen LogP contribution is 2.28. The molecule has 14 heavy (non-hydrogen) atoms. The van der Waals surface area contributed by atoms with Gasteiger partial charge < -0.3 is 20.7 Å². The first-order valence-corrected chi connectivity index (χ1v) is 3.90. The molecule has 0 radical (unpaired) electrons. The van der Waals surface area contributed by atoms with Crippen molar-refractivity contribution >= 4 is 5.91 Å². The van der Waals surface area contributed by atoms with Crippen molar-refractivity contribution in [1.82, 2.24) is 0 Å². The zero-order valence-corrected chi connectivity index (χ0v) is 7.60. The number of ether oxygens (including phenoxy) is 1. The molecule has 5 nitrogen and oxygen atoms in total. The summed E-state index contributed by atoms with van der Waals surface area (Å²) in [7, 11) is 1.40. The molecule has 0 aliphatic carbocycles. The topological polar surface area (TPSA) is 92.8 Å². The first-order chi connectivity index (χ1) is 6.56. The zero-order valence-electron chi connectivity index (χ0n) is 7.60. The van der Waals surface area contributed by atoms with Crippen LogP contribution in [-0.2, 0) is 4.79 Å². The predicted octanol–water partition coefficient (Wildman–Crippen LogP) is -0.0805. The van der Waals surface area contributed by atoms with E-state index in [1.165, 1.54) is 25.3 Å². The average molecular weight is 197 g/mol. The van der Waals surface area contributed by atoms with Gasteiger partial charge in [-0.25, -0.2) is 0 Å². The smallest absolute Gasteiger partial charge is 0.250 e. The maximum Gasteiger partial charge on any atom is 0.250 e. The minimum atomic E-state index is -1.41. The van der Waals surface area contributed by atoms with Gasteiger partial charge in [0.25, 0.3) is 5.91 Å². The number of aromatic hydroxyl groups is 1. The van der Waals surface area contributed by atoms with Crippen LogP contribution in [-0.4, -0.2) is 23.2 Å². The van der Waals surface area contributed by atoms with Crippen LogP contribution in [0.3, 0.4) is 0 Å². The van der Waals surface area contributed by atoms with Gasteiger partial charge in [-0.2, -0.15) is 0 Å². The van der Waals surface area contributed by atoms with Crippen LogP contribution in [0, 0.1) is 0 Å². The number of amides is 1. The number of rotatable bonds is 3. The summed E-state index contributed by atoms with van der Waals surface area (Å²) in [6.07, 6.45) is -1.41. The summed E-state index contributed by atoms with van der Waals surface area (Å²) in [6.45, 7) is 0. The Kier molecular flexibility index (Phi) is 2.93. The van der Waals surface area contributed by atoms with E-state index in [9.17, 15) is 15.0 Å². The molecule has 4 N–H and O–H groups in total. The van der Waals surface area contributed by atoms with Gasteiger partial charge in [0.1, 0.15) is 0 Å². The van der Waals surface area contributed by atoms with Gasteiger partial charge in [0.15, 0.2) is 17.6 Å². The molecule has 1 unspecified atom stereocenters. The van der Waals surface area contributed by atoms with Gasteiger partial charge in [-0.3, -0.25) is 4.79 Å². The van der Waals surface area contributed by atoms with Crippen LogP contribution < -0.4 is 10.5 Å². The van der Waals surface area contributed by atoms with Crippen molar-refractivity contribution < 1.29 is 19.7 Å². The van der Waals surface area contributed by atoms with Crippen LogP contribution in [0.5, 0.6) is 11.5 Å². The van der Waals surface area contributed by atoms with E-state index >= 15 is 0 Å². The lowest BCUT2D eigenvalue weighted by Crippen LogP contribution is -2.20. The Morgan fingerprint density at radius 3 is 2.64 bits per heavy atom. The Balaban J connectivity index is 3.02. The van der Waals surface area contributed by atoms with Crippen molar-refractivity contribution in [3.63, 3.8) is 0 Å². The van der Waals surface area contributed by atoms with Crippen LogP contribution in [0.15, 0.2) is 18.2 Å². The van der Waals surface area contributed by atoms with Crippen molar-refractivity contribution in [3.8, 4) is 11.5 Å². The first-order valence-electron chi connectivity index (χ1n) is 3.90. The molecule has 0 aliphatic rings. The summed E-state index contributed by atoms with van der Waals surface area (Å²) >= 11 is 0. The maximum atomic E-state index is 10.6. The Morgan fingerprint density at radius 2 is 2.21 bits per heavy atom. The third-order valence-electron chi connectivity index (χ3n) is 1.79. The molecule has 1 rings (SSSR count). The third kappa shape index (κ3) is 1.94. The number of hydrogen-bond donors (Lipinski definition) is 3. The highest BCUT2D eigenvalue weighted by molar-refractivity contribution is 5.80. The van der Waals surface area contributed by atoms with E-state index in [1.54, 1.807) is 0 Å². The number of hydrogen-bond acceptors (Lipinski definition) is 4. The van der Waals surface area contributed by atoms with Gasteiger partial charge >= 0.3 is 0 Å². The molecule has 0 bridgehead atoms. The summed E-state index contributed by atoms with van der Waals surface area (Å²) in [6, 6.07) is 4.12. The van der Waals surface area contributed by atoms with Crippen molar-refractivity contribution in [1.29, 1.82) is 0 Å². The molecule has 1 aromatic carbocycles. The number of carbonyl (C=O) groups is 1. The largest absolute Gasteiger partial charge is 0.504 e. The Labute approximate surface area is 80.7 Å². The molecule has 5 heteroatoms. The van der Waals surface area contributed by atoms with Crippen molar-refractivity contribution in [2.75, 3.05) is 7.11 Å². The molecule has 1 amide bonds. The van der Waals surface area contributed by atoms with E-state index in [2.05, 4.69) is 0 Å². The van der Waals surface area contributed by atoms with Crippen LogP contribution in [0.4, 0.5) is 0 Å². The highest BCUT2D eigenvalue weighted by Gasteiger charge is 2.15. The lowest BCUT2D eigenvalue weighted by Gasteiger charge is -2.09. The average Bonchev–Trinajstić information content (AvgIpc) is 2.16. The second-order valence-electron chi connectivity index (χ2n) is 2.74. The van der Waals surface area contributed by atoms with Gasteiger partial charge in [0.2, 0.25) is 0 Å². The molecule has 0 aliphatic heterocycles. The second-order valence-corrected chi connectivity index (χ2v) is 2.74. The standard InChI is InChI=1S/C9H11NO4/c1-14-7-3-2-5(4-6(7)11)8(12)9(10)13/h2-4,8,11-12H,1H3,(H2,10,13). The fraction of sp³-hybridized carbons (Fsp3) is 0.222. The normalized spacial score (nSPS) is 12.1. The number of phenolic OH excluding ortho intramolecular Hbond substituents is 1. The number of aliphatic hydroxyl groups is 1. The molecule has 0 aromatic heterocycles. The molecule has 0 spiro atoms. The van der Waals surface area contributed by atoms with Gasteiger partial charge in [-0.15, -0.1) is 0 Å². The van der Waals surface area contributed by atoms with Gasteiger partial charge in [0, 0.05) is 0 Å². The number of aliphatic hydroxyl groups excluding tert-OH is 1. The minimum absolute atomic E-state index is 0.148. The summed E-state index contributed by atoms with van der Waals surface area (Å²) in [5.74, 6) is -0.745. The quantitative estimate of drug-likeness (QED) is 0.631. The van der Waals surface area contributed by atoms with Crippen LogP contribution in [0.25, 0.3) is 0 Å². The molecule has 0 fully saturated rings. The Morgan fingerprint density at radius 1 is 1.57 bits per heavy atom. The molecule has 0 heterocycles. The van der Waals surface area contributed by atoms with Crippen LogP contribution in [0.1, 0.15) is 11.7 Å². The zero-order chi connectivity index (χ0) is 10.7. The van der Waals surface area contributed by atoms with E-state index in [1.807, 2.05) is 0 Å². The minimum Gasteiger partial charge on any atom is -0.504 e. The molecule has 0 saturated heterocycles. The number of phenols is 1. The summed E-state index contributed by atoms with van der Waals surface area (Å²) in [4.78, 5) is 10.6. The van der Waals surface area contributed by atoms with E-state index < -0.39 is 12.0 Å². The third-order valence-corrected chi connectivity index (χ3v) is 1.79. The molecule has 0 saturated carbocycles. The lowest BCUT2D eigenvalue weighted by molar-refractivity contribution is -0.126.